The van der Waals surface area contributed by atoms with Crippen LogP contribution < -0.4 is 5.32 Å². The van der Waals surface area contributed by atoms with E-state index in [2.05, 4.69) is 27.4 Å². The van der Waals surface area contributed by atoms with Crippen LogP contribution in [0, 0.1) is 0 Å². The minimum Gasteiger partial charge on any atom is -0.504 e. The van der Waals surface area contributed by atoms with Gasteiger partial charge in [-0.1, -0.05) is 42.5 Å². The Hall–Kier alpha value is -3.33. The summed E-state index contributed by atoms with van der Waals surface area (Å²) >= 11 is 0. The molecule has 2 heterocycles. The second-order valence-electron chi connectivity index (χ2n) is 8.15. The molecule has 3 aromatic rings. The molecular formula is C24H25F3N4O2. The quantitative estimate of drug-likeness (QED) is 0.585. The number of aromatic nitrogens is 2. The van der Waals surface area contributed by atoms with E-state index in [1.54, 1.807) is 0 Å². The number of amides is 1. The number of aromatic hydroxyl groups is 1. The lowest BCUT2D eigenvalue weighted by atomic mass is 10.0. The number of hydrogen-bond acceptors (Lipinski definition) is 4. The van der Waals surface area contributed by atoms with Crippen LogP contribution in [0.2, 0.25) is 0 Å². The Morgan fingerprint density at radius 1 is 1.06 bits per heavy atom. The van der Waals surface area contributed by atoms with E-state index in [4.69, 9.17) is 0 Å². The zero-order valence-corrected chi connectivity index (χ0v) is 17.9. The molecule has 6 nitrogen and oxygen atoms in total. The number of likely N-dealkylation sites (tertiary alicyclic amines) is 1. The van der Waals surface area contributed by atoms with Crippen molar-refractivity contribution in [3.63, 3.8) is 0 Å². The number of carbonyl (C=O) groups excluding carboxylic acids is 1. The van der Waals surface area contributed by atoms with Crippen molar-refractivity contribution in [2.75, 3.05) is 19.6 Å². The Bertz CT molecular complexity index is 1090. The van der Waals surface area contributed by atoms with Crippen molar-refractivity contribution in [2.45, 2.75) is 31.5 Å². The smallest absolute Gasteiger partial charge is 0.418 e. The third-order valence-corrected chi connectivity index (χ3v) is 5.85. The van der Waals surface area contributed by atoms with Gasteiger partial charge in [-0.2, -0.15) is 18.3 Å². The predicted octanol–water partition coefficient (Wildman–Crippen LogP) is 4.03. The van der Waals surface area contributed by atoms with E-state index in [1.165, 1.54) is 23.8 Å². The van der Waals surface area contributed by atoms with E-state index in [0.717, 1.165) is 55.8 Å². The lowest BCUT2D eigenvalue weighted by Crippen LogP contribution is -2.45. The van der Waals surface area contributed by atoms with E-state index in [0.29, 0.717) is 0 Å². The van der Waals surface area contributed by atoms with Gasteiger partial charge in [-0.05, 0) is 37.0 Å². The molecule has 1 saturated heterocycles. The summed E-state index contributed by atoms with van der Waals surface area (Å²) in [6.07, 6.45) is -1.11. The zero-order valence-electron chi connectivity index (χ0n) is 17.9. The number of carbonyl (C=O) groups is 1. The largest absolute Gasteiger partial charge is 0.504 e. The van der Waals surface area contributed by atoms with Crippen LogP contribution in [0.5, 0.6) is 5.75 Å². The van der Waals surface area contributed by atoms with Crippen molar-refractivity contribution in [1.82, 2.24) is 20.0 Å². The Morgan fingerprint density at radius 3 is 2.42 bits per heavy atom. The van der Waals surface area contributed by atoms with Crippen molar-refractivity contribution < 1.29 is 23.1 Å². The molecule has 0 radical (unpaired) electrons. The highest BCUT2D eigenvalue weighted by Crippen LogP contribution is 2.34. The number of halogens is 3. The van der Waals surface area contributed by atoms with Crippen molar-refractivity contribution in [3.05, 3.63) is 77.6 Å². The Morgan fingerprint density at radius 2 is 1.73 bits per heavy atom. The molecule has 174 valence electrons. The normalized spacial score (nSPS) is 15.5. The van der Waals surface area contributed by atoms with E-state index in [1.807, 2.05) is 18.2 Å². The number of para-hydroxylation sites is 1. The molecule has 0 spiro atoms. The fourth-order valence-electron chi connectivity index (χ4n) is 4.05. The lowest BCUT2D eigenvalue weighted by Gasteiger charge is -2.32. The molecule has 0 atom stereocenters. The summed E-state index contributed by atoms with van der Waals surface area (Å²) in [6.45, 7) is 2.60. The van der Waals surface area contributed by atoms with Gasteiger partial charge in [0.25, 0.3) is 5.91 Å². The van der Waals surface area contributed by atoms with Crippen LogP contribution in [0.15, 0.2) is 60.8 Å². The molecule has 0 saturated carbocycles. The molecule has 0 aliphatic carbocycles. The minimum atomic E-state index is -4.59. The molecule has 1 aliphatic rings. The molecule has 33 heavy (non-hydrogen) atoms. The summed E-state index contributed by atoms with van der Waals surface area (Å²) in [7, 11) is 0. The van der Waals surface area contributed by atoms with Gasteiger partial charge < -0.3 is 15.3 Å². The van der Waals surface area contributed by atoms with Gasteiger partial charge in [-0.3, -0.25) is 4.79 Å². The first-order valence-electron chi connectivity index (χ1n) is 10.8. The maximum Gasteiger partial charge on any atom is 0.418 e. The average Bonchev–Trinajstić information content (AvgIpc) is 3.20. The maximum atomic E-state index is 13.3. The highest BCUT2D eigenvalue weighted by atomic mass is 19.4. The summed E-state index contributed by atoms with van der Waals surface area (Å²) in [5.74, 6) is -1.07. The molecular weight excluding hydrogens is 433 g/mol. The first-order chi connectivity index (χ1) is 15.8. The molecule has 1 amide bonds. The third kappa shape index (κ3) is 5.54. The van der Waals surface area contributed by atoms with E-state index >= 15 is 0 Å². The topological polar surface area (TPSA) is 70.4 Å². The second-order valence-corrected chi connectivity index (χ2v) is 8.15. The van der Waals surface area contributed by atoms with Gasteiger partial charge in [-0.25, -0.2) is 4.68 Å². The average molecular weight is 458 g/mol. The van der Waals surface area contributed by atoms with Gasteiger partial charge in [0.1, 0.15) is 0 Å². The highest BCUT2D eigenvalue weighted by Gasteiger charge is 2.34. The number of benzene rings is 2. The SMILES string of the molecule is O=C(NC1CCN(CCc2ccccc2)CC1)c1nn(-c2ccccc2C(F)(F)F)cc1O. The monoisotopic (exact) mass is 458 g/mol. The first-order valence-corrected chi connectivity index (χ1v) is 10.8. The first kappa shape index (κ1) is 22.8. The van der Waals surface area contributed by atoms with E-state index in [9.17, 15) is 23.1 Å². The van der Waals surface area contributed by atoms with Crippen LogP contribution in [-0.2, 0) is 12.6 Å². The number of piperidine rings is 1. The number of nitrogens with one attached hydrogen (secondary N) is 1. The van der Waals surface area contributed by atoms with Crippen molar-refractivity contribution >= 4 is 5.91 Å². The number of alkyl halides is 3. The predicted molar refractivity (Wildman–Crippen MR) is 117 cm³/mol. The third-order valence-electron chi connectivity index (χ3n) is 5.85. The minimum absolute atomic E-state index is 0.0857. The van der Waals surface area contributed by atoms with E-state index in [-0.39, 0.29) is 17.4 Å². The second kappa shape index (κ2) is 9.66. The fourth-order valence-corrected chi connectivity index (χ4v) is 4.05. The van der Waals surface area contributed by atoms with Crippen LogP contribution in [-0.4, -0.2) is 51.4 Å². The molecule has 9 heteroatoms. The van der Waals surface area contributed by atoms with Gasteiger partial charge in [0.05, 0.1) is 17.4 Å². The van der Waals surface area contributed by atoms with Gasteiger partial charge >= 0.3 is 6.18 Å². The summed E-state index contributed by atoms with van der Waals surface area (Å²) in [6, 6.07) is 15.0. The van der Waals surface area contributed by atoms with Crippen molar-refractivity contribution in [3.8, 4) is 11.4 Å². The Kier molecular flexibility index (Phi) is 6.69. The summed E-state index contributed by atoms with van der Waals surface area (Å²) in [5, 5.41) is 17.0. The fraction of sp³-hybridized carbons (Fsp3) is 0.333. The maximum absolute atomic E-state index is 13.3. The molecule has 1 fully saturated rings. The van der Waals surface area contributed by atoms with Crippen LogP contribution in [0.3, 0.4) is 0 Å². The molecule has 2 aromatic carbocycles. The van der Waals surface area contributed by atoms with Crippen LogP contribution in [0.1, 0.15) is 34.5 Å². The van der Waals surface area contributed by atoms with Crippen molar-refractivity contribution in [2.24, 2.45) is 0 Å². The molecule has 0 bridgehead atoms. The number of rotatable bonds is 6. The summed E-state index contributed by atoms with van der Waals surface area (Å²) in [5.41, 5.74) is -0.169. The molecule has 4 rings (SSSR count). The van der Waals surface area contributed by atoms with Crippen LogP contribution in [0.4, 0.5) is 13.2 Å². The Labute approximate surface area is 189 Å². The zero-order chi connectivity index (χ0) is 23.4. The molecule has 0 unspecified atom stereocenters. The van der Waals surface area contributed by atoms with Gasteiger partial charge in [0.2, 0.25) is 0 Å². The van der Waals surface area contributed by atoms with Crippen LogP contribution >= 0.6 is 0 Å². The van der Waals surface area contributed by atoms with E-state index < -0.39 is 23.4 Å². The molecule has 1 aliphatic heterocycles. The standard InChI is InChI=1S/C24H25F3N4O2/c25-24(26,27)19-8-4-5-9-20(19)31-16-21(32)22(29-31)23(33)28-18-11-14-30(15-12-18)13-10-17-6-2-1-3-7-17/h1-9,16,18,32H,10-15H2,(H,28,33). The highest BCUT2D eigenvalue weighted by molar-refractivity contribution is 5.95. The van der Waals surface area contributed by atoms with Gasteiger partial charge in [-0.15, -0.1) is 0 Å². The lowest BCUT2D eigenvalue weighted by molar-refractivity contribution is -0.137. The number of nitrogens with zero attached hydrogens (tertiary/aromatic N) is 3. The van der Waals surface area contributed by atoms with Gasteiger partial charge in [0, 0.05) is 25.7 Å². The van der Waals surface area contributed by atoms with Crippen molar-refractivity contribution in [1.29, 1.82) is 0 Å². The van der Waals surface area contributed by atoms with Gasteiger partial charge in [0.15, 0.2) is 11.4 Å². The summed E-state index contributed by atoms with van der Waals surface area (Å²) < 4.78 is 40.8. The number of hydrogen-bond donors (Lipinski definition) is 2. The Balaban J connectivity index is 1.35. The molecule has 1 aromatic heterocycles. The summed E-state index contributed by atoms with van der Waals surface area (Å²) in [4.78, 5) is 15.0. The van der Waals surface area contributed by atoms with Crippen LogP contribution in [0.25, 0.3) is 5.69 Å². The molecule has 2 N–H and O–H groups in total.